The number of benzene rings is 2. The summed E-state index contributed by atoms with van der Waals surface area (Å²) in [7, 11) is 7.99. The Morgan fingerprint density at radius 2 is 1.69 bits per heavy atom. The fraction of sp³-hybridized carbons (Fsp3) is 0.333. The Morgan fingerprint density at radius 1 is 1.04 bits per heavy atom. The summed E-state index contributed by atoms with van der Waals surface area (Å²) < 4.78 is 0. The molecule has 134 valence electrons. The van der Waals surface area contributed by atoms with Gasteiger partial charge in [-0.2, -0.15) is 5.26 Å². The smallest absolute Gasteiger partial charge is 0.255 e. The summed E-state index contributed by atoms with van der Waals surface area (Å²) in [5, 5.41) is 9.71. The molecule has 1 atom stereocenters. The fourth-order valence-corrected chi connectivity index (χ4v) is 3.34. The maximum absolute atomic E-state index is 12.8. The van der Waals surface area contributed by atoms with Gasteiger partial charge in [0.25, 0.3) is 5.91 Å². The number of anilines is 1. The van der Waals surface area contributed by atoms with E-state index in [1.165, 1.54) is 0 Å². The second kappa shape index (κ2) is 7.19. The standard InChI is InChI=1S/C21H24N4O/c1-23(2)13-16-7-10-18-19(11-16)20(12-22)25(21(18)26)14-15-5-8-17(9-6-15)24(3)4/h5-11,20H,13-14H2,1-4H3. The Kier molecular flexibility index (Phi) is 4.97. The van der Waals surface area contributed by atoms with Crippen molar-refractivity contribution in [2.75, 3.05) is 33.1 Å². The van der Waals surface area contributed by atoms with Gasteiger partial charge in [-0.25, -0.2) is 0 Å². The van der Waals surface area contributed by atoms with Crippen LogP contribution in [-0.2, 0) is 13.1 Å². The number of rotatable bonds is 5. The van der Waals surface area contributed by atoms with E-state index in [1.54, 1.807) is 4.90 Å². The summed E-state index contributed by atoms with van der Waals surface area (Å²) in [5.74, 6) is -0.0698. The van der Waals surface area contributed by atoms with Crippen LogP contribution in [0.5, 0.6) is 0 Å². The van der Waals surface area contributed by atoms with E-state index in [2.05, 4.69) is 11.0 Å². The predicted octanol–water partition coefficient (Wildman–Crippen LogP) is 3.03. The molecule has 2 aromatic rings. The van der Waals surface area contributed by atoms with Crippen LogP contribution in [0.2, 0.25) is 0 Å². The van der Waals surface area contributed by atoms with Crippen molar-refractivity contribution in [1.29, 1.82) is 5.26 Å². The number of fused-ring (bicyclic) bond motifs is 1. The van der Waals surface area contributed by atoms with Crippen molar-refractivity contribution in [2.24, 2.45) is 0 Å². The van der Waals surface area contributed by atoms with E-state index in [9.17, 15) is 10.1 Å². The molecule has 3 rings (SSSR count). The van der Waals surface area contributed by atoms with Gasteiger partial charge >= 0.3 is 0 Å². The van der Waals surface area contributed by atoms with Crippen LogP contribution < -0.4 is 4.90 Å². The molecule has 26 heavy (non-hydrogen) atoms. The summed E-state index contributed by atoms with van der Waals surface area (Å²) in [6.07, 6.45) is 0. The number of carbonyl (C=O) groups is 1. The van der Waals surface area contributed by atoms with Crippen LogP contribution in [0.4, 0.5) is 5.69 Å². The van der Waals surface area contributed by atoms with Crippen molar-refractivity contribution in [3.8, 4) is 6.07 Å². The summed E-state index contributed by atoms with van der Waals surface area (Å²) in [6.45, 7) is 1.22. The Morgan fingerprint density at radius 3 is 2.27 bits per heavy atom. The van der Waals surface area contributed by atoms with Crippen LogP contribution in [-0.4, -0.2) is 43.9 Å². The normalized spacial score (nSPS) is 15.9. The summed E-state index contributed by atoms with van der Waals surface area (Å²) in [6, 6.07) is 15.7. The molecule has 0 spiro atoms. The van der Waals surface area contributed by atoms with Crippen LogP contribution >= 0.6 is 0 Å². The molecule has 0 radical (unpaired) electrons. The van der Waals surface area contributed by atoms with Gasteiger partial charge in [-0.1, -0.05) is 24.3 Å². The fourth-order valence-electron chi connectivity index (χ4n) is 3.34. The van der Waals surface area contributed by atoms with Gasteiger partial charge in [-0.05, 0) is 43.4 Å². The van der Waals surface area contributed by atoms with E-state index in [0.29, 0.717) is 12.1 Å². The van der Waals surface area contributed by atoms with Crippen LogP contribution in [0.3, 0.4) is 0 Å². The highest BCUT2D eigenvalue weighted by Crippen LogP contribution is 2.35. The molecule has 0 fully saturated rings. The van der Waals surface area contributed by atoms with Crippen LogP contribution in [0.25, 0.3) is 0 Å². The molecular formula is C21H24N4O. The molecule has 0 saturated heterocycles. The molecule has 1 amide bonds. The van der Waals surface area contributed by atoms with E-state index in [-0.39, 0.29) is 5.91 Å². The van der Waals surface area contributed by atoms with Gasteiger partial charge in [-0.3, -0.25) is 4.79 Å². The van der Waals surface area contributed by atoms with Crippen molar-refractivity contribution in [1.82, 2.24) is 9.80 Å². The van der Waals surface area contributed by atoms with Gasteiger partial charge in [0, 0.05) is 44.0 Å². The second-order valence-corrected chi connectivity index (χ2v) is 7.18. The molecule has 0 bridgehead atoms. The Hall–Kier alpha value is -2.84. The Balaban J connectivity index is 1.86. The van der Waals surface area contributed by atoms with Crippen molar-refractivity contribution in [2.45, 2.75) is 19.1 Å². The molecular weight excluding hydrogens is 324 g/mol. The number of nitriles is 1. The number of nitrogens with zero attached hydrogens (tertiary/aromatic N) is 4. The first-order valence-corrected chi connectivity index (χ1v) is 8.65. The molecule has 1 heterocycles. The van der Waals surface area contributed by atoms with Gasteiger partial charge in [0.05, 0.1) is 6.07 Å². The number of carbonyl (C=O) groups excluding carboxylic acids is 1. The predicted molar refractivity (Wildman–Crippen MR) is 103 cm³/mol. The van der Waals surface area contributed by atoms with E-state index in [0.717, 1.165) is 28.9 Å². The zero-order chi connectivity index (χ0) is 18.8. The van der Waals surface area contributed by atoms with E-state index < -0.39 is 6.04 Å². The monoisotopic (exact) mass is 348 g/mol. The highest BCUT2D eigenvalue weighted by molar-refractivity contribution is 5.99. The van der Waals surface area contributed by atoms with Crippen LogP contribution in [0, 0.1) is 11.3 Å². The van der Waals surface area contributed by atoms with Gasteiger partial charge in [0.2, 0.25) is 0 Å². The van der Waals surface area contributed by atoms with E-state index >= 15 is 0 Å². The second-order valence-electron chi connectivity index (χ2n) is 7.18. The molecule has 1 aliphatic rings. The third kappa shape index (κ3) is 3.42. The number of hydrogen-bond acceptors (Lipinski definition) is 4. The van der Waals surface area contributed by atoms with Gasteiger partial charge in [-0.15, -0.1) is 0 Å². The maximum Gasteiger partial charge on any atom is 0.255 e. The topological polar surface area (TPSA) is 50.6 Å². The minimum Gasteiger partial charge on any atom is -0.378 e. The van der Waals surface area contributed by atoms with Crippen molar-refractivity contribution in [3.05, 3.63) is 64.7 Å². The van der Waals surface area contributed by atoms with Crippen molar-refractivity contribution in [3.63, 3.8) is 0 Å². The van der Waals surface area contributed by atoms with Gasteiger partial charge < -0.3 is 14.7 Å². The molecule has 0 aromatic heterocycles. The lowest BCUT2D eigenvalue weighted by molar-refractivity contribution is 0.0744. The highest BCUT2D eigenvalue weighted by Gasteiger charge is 2.36. The first-order chi connectivity index (χ1) is 12.4. The summed E-state index contributed by atoms with van der Waals surface area (Å²) >= 11 is 0. The minimum absolute atomic E-state index is 0.0698. The molecule has 5 nitrogen and oxygen atoms in total. The molecule has 1 aliphatic heterocycles. The van der Waals surface area contributed by atoms with Crippen molar-refractivity contribution < 1.29 is 4.79 Å². The van der Waals surface area contributed by atoms with Crippen LogP contribution in [0.15, 0.2) is 42.5 Å². The zero-order valence-electron chi connectivity index (χ0n) is 15.7. The first kappa shape index (κ1) is 18.0. The molecule has 0 saturated carbocycles. The first-order valence-electron chi connectivity index (χ1n) is 8.65. The average Bonchev–Trinajstić information content (AvgIpc) is 2.86. The molecule has 1 unspecified atom stereocenters. The molecule has 2 aromatic carbocycles. The lowest BCUT2D eigenvalue weighted by Gasteiger charge is -2.21. The maximum atomic E-state index is 12.8. The zero-order valence-corrected chi connectivity index (χ0v) is 15.7. The third-order valence-electron chi connectivity index (χ3n) is 4.64. The Labute approximate surface area is 155 Å². The molecule has 0 N–H and O–H groups in total. The number of amides is 1. The lowest BCUT2D eigenvalue weighted by atomic mass is 10.0. The largest absolute Gasteiger partial charge is 0.378 e. The molecule has 5 heteroatoms. The molecule has 0 aliphatic carbocycles. The Bertz CT molecular complexity index is 849. The van der Waals surface area contributed by atoms with Gasteiger partial charge in [0.1, 0.15) is 6.04 Å². The number of hydrogen-bond donors (Lipinski definition) is 0. The van der Waals surface area contributed by atoms with Crippen LogP contribution in [0.1, 0.15) is 33.1 Å². The van der Waals surface area contributed by atoms with Gasteiger partial charge in [0.15, 0.2) is 0 Å². The average molecular weight is 348 g/mol. The quantitative estimate of drug-likeness (QED) is 0.833. The third-order valence-corrected chi connectivity index (χ3v) is 4.64. The lowest BCUT2D eigenvalue weighted by Crippen LogP contribution is -2.26. The SMILES string of the molecule is CN(C)Cc1ccc2c(c1)C(C#N)N(Cc1ccc(N(C)C)cc1)C2=O. The minimum atomic E-state index is -0.534. The van der Waals surface area contributed by atoms with E-state index in [1.807, 2.05) is 75.6 Å². The summed E-state index contributed by atoms with van der Waals surface area (Å²) in [4.78, 5) is 18.6. The van der Waals surface area contributed by atoms with E-state index in [4.69, 9.17) is 0 Å². The van der Waals surface area contributed by atoms with Crippen molar-refractivity contribution >= 4 is 11.6 Å². The highest BCUT2D eigenvalue weighted by atomic mass is 16.2. The summed E-state index contributed by atoms with van der Waals surface area (Å²) in [5.41, 5.74) is 4.70.